The predicted molar refractivity (Wildman–Crippen MR) is 82.3 cm³/mol. The molecule has 0 radical (unpaired) electrons. The first-order valence-corrected chi connectivity index (χ1v) is 7.13. The van der Waals surface area contributed by atoms with Crippen molar-refractivity contribution in [1.82, 2.24) is 14.5 Å². The Morgan fingerprint density at radius 1 is 1.25 bits per heavy atom. The zero-order valence-corrected chi connectivity index (χ0v) is 12.5. The number of nitrogens with one attached hydrogen (secondary N) is 2. The molecule has 0 saturated heterocycles. The summed E-state index contributed by atoms with van der Waals surface area (Å²) in [6.07, 6.45) is 0.909. The molecule has 7 nitrogen and oxygen atoms in total. The molecule has 0 aromatic carbocycles. The van der Waals surface area contributed by atoms with Gasteiger partial charge in [0, 0.05) is 13.1 Å². The average molecular weight is 283 g/mol. The summed E-state index contributed by atoms with van der Waals surface area (Å²) in [4.78, 5) is 27.9. The van der Waals surface area contributed by atoms with Gasteiger partial charge in [-0.2, -0.15) is 0 Å². The maximum atomic E-state index is 11.7. The predicted octanol–water partition coefficient (Wildman–Crippen LogP) is 0.283. The molecule has 1 aromatic rings. The Morgan fingerprint density at radius 2 is 1.90 bits per heavy atom. The summed E-state index contributed by atoms with van der Waals surface area (Å²) in [5.74, 6) is 0.198. The molecule has 4 N–H and O–H groups in total. The highest BCUT2D eigenvalue weighted by Gasteiger charge is 2.10. The number of nitrogens with two attached hydrogens (primary N) is 1. The minimum Gasteiger partial charge on any atom is -0.383 e. The minimum absolute atomic E-state index is 0.198. The Bertz CT molecular complexity index is 531. The molecule has 7 heteroatoms. The summed E-state index contributed by atoms with van der Waals surface area (Å²) in [6, 6.07) is 0. The van der Waals surface area contributed by atoms with E-state index < -0.39 is 11.2 Å². The number of H-pyrrole nitrogens is 1. The van der Waals surface area contributed by atoms with Crippen molar-refractivity contribution in [2.45, 2.75) is 33.7 Å². The number of aromatic nitrogens is 2. The van der Waals surface area contributed by atoms with Crippen molar-refractivity contribution in [3.8, 4) is 0 Å². The molecule has 0 amide bonds. The van der Waals surface area contributed by atoms with E-state index in [0.717, 1.165) is 26.1 Å². The van der Waals surface area contributed by atoms with Crippen LogP contribution in [0.4, 0.5) is 11.5 Å². The van der Waals surface area contributed by atoms with Crippen LogP contribution in [0, 0.1) is 0 Å². The van der Waals surface area contributed by atoms with Crippen LogP contribution in [0.25, 0.3) is 0 Å². The second kappa shape index (κ2) is 7.74. The Balaban J connectivity index is 2.69. The van der Waals surface area contributed by atoms with Crippen LogP contribution in [-0.4, -0.2) is 40.6 Å². The highest BCUT2D eigenvalue weighted by molar-refractivity contribution is 5.60. The second-order valence-corrected chi connectivity index (χ2v) is 4.57. The third-order valence-corrected chi connectivity index (χ3v) is 3.40. The van der Waals surface area contributed by atoms with Gasteiger partial charge in [-0.1, -0.05) is 13.8 Å². The molecular formula is C13H25N5O2. The Kier molecular flexibility index (Phi) is 6.30. The molecule has 114 valence electrons. The number of nitrogens with zero attached hydrogens (tertiary/aromatic N) is 2. The van der Waals surface area contributed by atoms with E-state index in [0.29, 0.717) is 13.1 Å². The Morgan fingerprint density at radius 3 is 2.45 bits per heavy atom. The largest absolute Gasteiger partial charge is 0.383 e. The first-order valence-electron chi connectivity index (χ1n) is 7.13. The van der Waals surface area contributed by atoms with Crippen LogP contribution in [0.5, 0.6) is 0 Å². The zero-order valence-electron chi connectivity index (χ0n) is 12.5. The molecular weight excluding hydrogens is 258 g/mol. The fourth-order valence-electron chi connectivity index (χ4n) is 2.13. The number of hydrogen-bond donors (Lipinski definition) is 3. The normalized spacial score (nSPS) is 11.0. The van der Waals surface area contributed by atoms with Gasteiger partial charge in [0.1, 0.15) is 11.5 Å². The molecule has 1 rings (SSSR count). The second-order valence-electron chi connectivity index (χ2n) is 4.57. The Hall–Kier alpha value is -1.76. The first-order chi connectivity index (χ1) is 9.54. The van der Waals surface area contributed by atoms with Gasteiger partial charge in [-0.3, -0.25) is 14.3 Å². The van der Waals surface area contributed by atoms with Crippen LogP contribution >= 0.6 is 0 Å². The summed E-state index contributed by atoms with van der Waals surface area (Å²) >= 11 is 0. The summed E-state index contributed by atoms with van der Waals surface area (Å²) in [5.41, 5.74) is 5.22. The molecule has 0 aliphatic rings. The summed E-state index contributed by atoms with van der Waals surface area (Å²) in [7, 11) is 0. The van der Waals surface area contributed by atoms with Crippen molar-refractivity contribution in [1.29, 1.82) is 0 Å². The lowest BCUT2D eigenvalue weighted by Gasteiger charge is -2.18. The van der Waals surface area contributed by atoms with Gasteiger partial charge in [0.05, 0.1) is 0 Å². The molecule has 0 aliphatic carbocycles. The van der Waals surface area contributed by atoms with Crippen LogP contribution < -0.4 is 22.3 Å². The highest BCUT2D eigenvalue weighted by atomic mass is 16.2. The first kappa shape index (κ1) is 16.3. The fraction of sp³-hybridized carbons (Fsp3) is 0.692. The van der Waals surface area contributed by atoms with Gasteiger partial charge in [0.25, 0.3) is 5.56 Å². The van der Waals surface area contributed by atoms with Crippen LogP contribution in [0.2, 0.25) is 0 Å². The lowest BCUT2D eigenvalue weighted by molar-refractivity contribution is 0.303. The number of anilines is 2. The molecule has 0 fully saturated rings. The van der Waals surface area contributed by atoms with E-state index in [1.807, 2.05) is 0 Å². The van der Waals surface area contributed by atoms with E-state index in [9.17, 15) is 9.59 Å². The third kappa shape index (κ3) is 3.86. The molecule has 0 spiro atoms. The summed E-state index contributed by atoms with van der Waals surface area (Å²) < 4.78 is 1.34. The van der Waals surface area contributed by atoms with Gasteiger partial charge >= 0.3 is 5.69 Å². The van der Waals surface area contributed by atoms with Crippen molar-refractivity contribution >= 4 is 11.5 Å². The van der Waals surface area contributed by atoms with Crippen LogP contribution in [0.15, 0.2) is 9.59 Å². The lowest BCUT2D eigenvalue weighted by Crippen LogP contribution is -2.34. The quantitative estimate of drug-likeness (QED) is 0.596. The number of aromatic amines is 1. The summed E-state index contributed by atoms with van der Waals surface area (Å²) in [6.45, 7) is 10.1. The van der Waals surface area contributed by atoms with Crippen LogP contribution in [-0.2, 0) is 6.54 Å². The maximum absolute atomic E-state index is 11.7. The van der Waals surface area contributed by atoms with Crippen molar-refractivity contribution < 1.29 is 0 Å². The number of rotatable bonds is 8. The molecule has 0 saturated carbocycles. The fourth-order valence-corrected chi connectivity index (χ4v) is 2.13. The van der Waals surface area contributed by atoms with Gasteiger partial charge in [-0.05, 0) is 33.0 Å². The van der Waals surface area contributed by atoms with Gasteiger partial charge in [-0.15, -0.1) is 0 Å². The van der Waals surface area contributed by atoms with Crippen molar-refractivity contribution in [3.63, 3.8) is 0 Å². The van der Waals surface area contributed by atoms with Gasteiger partial charge in [-0.25, -0.2) is 4.79 Å². The molecule has 0 bridgehead atoms. The molecule has 20 heavy (non-hydrogen) atoms. The van der Waals surface area contributed by atoms with Crippen molar-refractivity contribution in [3.05, 3.63) is 20.8 Å². The third-order valence-electron chi connectivity index (χ3n) is 3.40. The van der Waals surface area contributed by atoms with E-state index in [2.05, 4.69) is 29.0 Å². The minimum atomic E-state index is -0.469. The molecule has 0 aliphatic heterocycles. The molecule has 0 unspecified atom stereocenters. The van der Waals surface area contributed by atoms with E-state index in [1.54, 1.807) is 6.92 Å². The van der Waals surface area contributed by atoms with Gasteiger partial charge in [0.2, 0.25) is 0 Å². The maximum Gasteiger partial charge on any atom is 0.330 e. The van der Waals surface area contributed by atoms with Gasteiger partial charge < -0.3 is 16.0 Å². The van der Waals surface area contributed by atoms with Crippen LogP contribution in [0.1, 0.15) is 27.2 Å². The topological polar surface area (TPSA) is 96.2 Å². The van der Waals surface area contributed by atoms with E-state index in [1.165, 1.54) is 4.57 Å². The zero-order chi connectivity index (χ0) is 15.1. The Labute approximate surface area is 118 Å². The number of hydrogen-bond acceptors (Lipinski definition) is 5. The van der Waals surface area contributed by atoms with Crippen LogP contribution in [0.3, 0.4) is 0 Å². The highest BCUT2D eigenvalue weighted by Crippen LogP contribution is 2.09. The standard InChI is InChI=1S/C13H25N5O2/c1-4-17(5-2)9-7-8-15-10-11(14)18(6-3)13(20)16-12(10)19/h15H,4-9,14H2,1-3H3,(H,16,19,20). The number of nitrogen functional groups attached to an aromatic ring is 1. The average Bonchev–Trinajstić information content (AvgIpc) is 2.42. The van der Waals surface area contributed by atoms with E-state index >= 15 is 0 Å². The van der Waals surface area contributed by atoms with E-state index in [4.69, 9.17) is 5.73 Å². The molecule has 0 atom stereocenters. The molecule has 1 aromatic heterocycles. The molecule has 1 heterocycles. The lowest BCUT2D eigenvalue weighted by atomic mass is 10.3. The van der Waals surface area contributed by atoms with Crippen molar-refractivity contribution in [2.24, 2.45) is 0 Å². The SMILES string of the molecule is CCN(CC)CCCNc1c(N)n(CC)c(=O)[nH]c1=O. The van der Waals surface area contributed by atoms with Gasteiger partial charge in [0.15, 0.2) is 0 Å². The monoisotopic (exact) mass is 283 g/mol. The van der Waals surface area contributed by atoms with E-state index in [-0.39, 0.29) is 11.5 Å². The summed E-state index contributed by atoms with van der Waals surface area (Å²) in [5, 5.41) is 3.03. The smallest absolute Gasteiger partial charge is 0.330 e. The van der Waals surface area contributed by atoms with Crippen molar-refractivity contribution in [2.75, 3.05) is 37.2 Å².